The van der Waals surface area contributed by atoms with Gasteiger partial charge in [-0.1, -0.05) is 44.2 Å². The number of hydrogen-bond acceptors (Lipinski definition) is 16. The number of nitrogens with one attached hydrogen (secondary N) is 8. The number of amides is 7. The minimum Gasteiger partial charge on any atom is -0.394 e. The Morgan fingerprint density at radius 1 is 0.720 bits per heavy atom. The average Bonchev–Trinajstić information content (AvgIpc) is 3.87. The van der Waals surface area contributed by atoms with Crippen LogP contribution in [0.4, 0.5) is 0 Å². The van der Waals surface area contributed by atoms with Gasteiger partial charge < -0.3 is 90.6 Å². The highest BCUT2D eigenvalue weighted by Gasteiger charge is 2.35. The number of H-pyrrole nitrogens is 1. The van der Waals surface area contributed by atoms with Gasteiger partial charge in [0.2, 0.25) is 41.4 Å². The number of aromatic amines is 1. The molecule has 8 atom stereocenters. The van der Waals surface area contributed by atoms with Gasteiger partial charge in [-0.3, -0.25) is 48.1 Å². The fourth-order valence-electron chi connectivity index (χ4n) is 6.90. The topological polar surface area (TPSA) is 491 Å². The molecule has 0 bridgehead atoms. The first-order chi connectivity index (χ1) is 35.5. The number of hydrogen-bond donors (Lipinski definition) is 16. The molecule has 7 amide bonds. The summed E-state index contributed by atoms with van der Waals surface area (Å²) in [6.45, 7) is 1.55. The molecule has 1 aromatic carbocycles. The Morgan fingerprint density at radius 2 is 1.23 bits per heavy atom. The van der Waals surface area contributed by atoms with Crippen molar-refractivity contribution in [2.24, 2.45) is 44.6 Å². The van der Waals surface area contributed by atoms with Crippen LogP contribution in [0.15, 0.2) is 52.8 Å². The number of aliphatic hydroxyl groups excluding tert-OH is 1. The van der Waals surface area contributed by atoms with E-state index in [1.165, 1.54) is 24.3 Å². The Bertz CT molecular complexity index is 2250. The number of nitrogens with zero attached hydrogens (tertiary/aromatic N) is 3. The van der Waals surface area contributed by atoms with E-state index in [0.717, 1.165) is 0 Å². The molecule has 0 aliphatic rings. The zero-order chi connectivity index (χ0) is 56.1. The van der Waals surface area contributed by atoms with E-state index in [-0.39, 0.29) is 69.5 Å². The molecule has 29 nitrogen and oxygen atoms in total. The Morgan fingerprint density at radius 3 is 1.76 bits per heavy atom. The van der Waals surface area contributed by atoms with Crippen LogP contribution in [0.5, 0.6) is 0 Å². The predicted molar refractivity (Wildman–Crippen MR) is 277 cm³/mol. The van der Waals surface area contributed by atoms with Crippen LogP contribution in [-0.2, 0) is 60.3 Å². The minimum absolute atomic E-state index is 0.00414. The average molecular weight is 1100 g/mol. The van der Waals surface area contributed by atoms with Crippen LogP contribution in [0.1, 0.15) is 63.6 Å². The number of aldehydes is 1. The van der Waals surface area contributed by atoms with Crippen LogP contribution in [0, 0.1) is 5.92 Å². The first kappa shape index (κ1) is 64.4. The summed E-state index contributed by atoms with van der Waals surface area (Å²) in [7, 11) is -5.33. The first-order valence-electron chi connectivity index (χ1n) is 23.7. The van der Waals surface area contributed by atoms with E-state index in [2.05, 4.69) is 61.7 Å². The number of phosphoric acid groups is 1. The second-order valence-electron chi connectivity index (χ2n) is 17.5. The van der Waals surface area contributed by atoms with Crippen molar-refractivity contribution in [3.63, 3.8) is 0 Å². The molecule has 2 rings (SSSR count). The number of thioether (sulfide) groups is 1. The quantitative estimate of drug-likeness (QED) is 0.01000. The maximum absolute atomic E-state index is 14.3. The normalized spacial score (nSPS) is 14.5. The van der Waals surface area contributed by atoms with Crippen LogP contribution in [0.3, 0.4) is 0 Å². The first-order valence-corrected chi connectivity index (χ1v) is 26.6. The Balaban J connectivity index is 2.47. The number of rotatable bonds is 36. The molecule has 0 aliphatic heterocycles. The third-order valence-corrected chi connectivity index (χ3v) is 11.9. The SMILES string of the molecule is CSCC[C@@H](C=O)NC(=O)[C@H](CCCN=C(N)N)NC(=O)[C@H](Cc1cnc[nH]1)NC(=O)[C@H](CC(C)C)NC(=O)[C@H](COP(=O)(O)O)NC(=O)[C@H](Cc1ccccc1)NC(=O)[C@H](CO)NC(=O)[C@@H](N)CCCN=C(N)N. The number of nitrogens with two attached hydrogens (primary N) is 5. The smallest absolute Gasteiger partial charge is 0.394 e. The Labute approximate surface area is 437 Å². The molecule has 418 valence electrons. The van der Waals surface area contributed by atoms with Gasteiger partial charge in [0.15, 0.2) is 11.9 Å². The van der Waals surface area contributed by atoms with Gasteiger partial charge in [0.25, 0.3) is 0 Å². The van der Waals surface area contributed by atoms with Crippen LogP contribution in [-0.4, -0.2) is 171 Å². The van der Waals surface area contributed by atoms with Crippen LogP contribution < -0.4 is 65.9 Å². The molecule has 0 saturated heterocycles. The number of aliphatic hydroxyl groups is 1. The third-order valence-electron chi connectivity index (χ3n) is 10.7. The van der Waals surface area contributed by atoms with Crippen molar-refractivity contribution in [2.75, 3.05) is 38.3 Å². The molecule has 0 saturated carbocycles. The molecule has 31 heteroatoms. The van der Waals surface area contributed by atoms with E-state index in [0.29, 0.717) is 36.1 Å². The molecule has 1 heterocycles. The molecular formula is C44H73N16O13PS. The van der Waals surface area contributed by atoms with Crippen LogP contribution in [0.25, 0.3) is 0 Å². The maximum atomic E-state index is 14.3. The van der Waals surface area contributed by atoms with Gasteiger partial charge in [0.1, 0.15) is 42.5 Å². The summed E-state index contributed by atoms with van der Waals surface area (Å²) in [5.74, 6) is -6.84. The molecule has 75 heavy (non-hydrogen) atoms. The largest absolute Gasteiger partial charge is 0.469 e. The zero-order valence-corrected chi connectivity index (χ0v) is 43.7. The summed E-state index contributed by atoms with van der Waals surface area (Å²) in [5.41, 5.74) is 28.4. The number of benzene rings is 1. The van der Waals surface area contributed by atoms with Gasteiger partial charge in [-0.25, -0.2) is 9.55 Å². The molecular weight excluding hydrogens is 1020 g/mol. The third kappa shape index (κ3) is 26.4. The number of guanidine groups is 2. The van der Waals surface area contributed by atoms with E-state index >= 15 is 0 Å². The second-order valence-corrected chi connectivity index (χ2v) is 19.7. The van der Waals surface area contributed by atoms with E-state index in [4.69, 9.17) is 28.7 Å². The summed E-state index contributed by atoms with van der Waals surface area (Å²) in [4.78, 5) is 142. The zero-order valence-electron chi connectivity index (χ0n) is 42.0. The Hall–Kier alpha value is -6.69. The maximum Gasteiger partial charge on any atom is 0.469 e. The number of aromatic nitrogens is 2. The highest BCUT2D eigenvalue weighted by atomic mass is 32.2. The fourth-order valence-corrected chi connectivity index (χ4v) is 7.73. The van der Waals surface area contributed by atoms with Crippen molar-refractivity contribution in [3.05, 3.63) is 54.1 Å². The summed E-state index contributed by atoms with van der Waals surface area (Å²) in [6, 6.07) is -3.26. The lowest BCUT2D eigenvalue weighted by atomic mass is 10.0. The van der Waals surface area contributed by atoms with Gasteiger partial charge in [-0.15, -0.1) is 0 Å². The molecule has 0 spiro atoms. The molecule has 21 N–H and O–H groups in total. The second kappa shape index (κ2) is 34.0. The molecule has 0 fully saturated rings. The molecule has 0 radical (unpaired) electrons. The molecule has 2 aromatic rings. The van der Waals surface area contributed by atoms with E-state index in [1.807, 2.05) is 6.26 Å². The number of phosphoric ester groups is 1. The lowest BCUT2D eigenvalue weighted by Crippen LogP contribution is -2.61. The monoisotopic (exact) mass is 1100 g/mol. The summed E-state index contributed by atoms with van der Waals surface area (Å²) in [5, 5.41) is 27.5. The highest BCUT2D eigenvalue weighted by molar-refractivity contribution is 7.98. The summed E-state index contributed by atoms with van der Waals surface area (Å²) >= 11 is 1.46. The summed E-state index contributed by atoms with van der Waals surface area (Å²) in [6.07, 6.45) is 5.44. The molecule has 0 aliphatic carbocycles. The van der Waals surface area contributed by atoms with Gasteiger partial charge in [0, 0.05) is 37.8 Å². The van der Waals surface area contributed by atoms with Crippen molar-refractivity contribution in [1.82, 2.24) is 47.2 Å². The van der Waals surface area contributed by atoms with Gasteiger partial charge in [0.05, 0.1) is 31.6 Å². The predicted octanol–water partition coefficient (Wildman–Crippen LogP) is -4.88. The fraction of sp³-hybridized carbons (Fsp3) is 0.568. The van der Waals surface area contributed by atoms with Gasteiger partial charge in [-0.2, -0.15) is 11.8 Å². The Kier molecular flexibility index (Phi) is 29.2. The highest BCUT2D eigenvalue weighted by Crippen LogP contribution is 2.35. The molecule has 1 aromatic heterocycles. The number of carbonyl (C=O) groups is 8. The van der Waals surface area contributed by atoms with Crippen molar-refractivity contribution in [1.29, 1.82) is 0 Å². The van der Waals surface area contributed by atoms with Crippen molar-refractivity contribution < 1.29 is 62.3 Å². The standard InChI is InChI=1S/C44H73N16O13PS/c1-25(2)17-31(38(65)58-33(19-28-20-50-24-53-28)40(67)55-30(12-8-15-52-44(48)49)37(64)54-27(21-61)13-16-75-3)56-42(69)35(23-73-74(70,71)72)60-39(66)32(18-26-9-5-4-6-10-26)57-41(68)34(22-62)59-36(63)29(45)11-7-14-51-43(46)47/h4-6,9-10,20-21,24-25,27,29-35,62H,7-8,11-19,22-23,45H2,1-3H3,(H,50,53)(H,54,64)(H,55,67)(H,56,69)(H,57,68)(H,58,65)(H,59,63)(H,60,66)(H4,46,47,51)(H4,48,49,52)(H2,70,71,72)/t27-,29-,30-,31-,32-,33-,34-,35-/m0/s1. The van der Waals surface area contributed by atoms with Gasteiger partial charge >= 0.3 is 7.82 Å². The minimum atomic E-state index is -5.33. The number of imidazole rings is 1. The number of carbonyl (C=O) groups excluding carboxylic acids is 8. The van der Waals surface area contributed by atoms with E-state index in [1.54, 1.807) is 44.2 Å². The van der Waals surface area contributed by atoms with Gasteiger partial charge in [-0.05, 0) is 62.0 Å². The molecule has 0 unspecified atom stereocenters. The van der Waals surface area contributed by atoms with Crippen molar-refractivity contribution in [2.45, 2.75) is 114 Å². The van der Waals surface area contributed by atoms with Crippen molar-refractivity contribution in [3.8, 4) is 0 Å². The van der Waals surface area contributed by atoms with E-state index < -0.39 is 111 Å². The van der Waals surface area contributed by atoms with E-state index in [9.17, 15) is 57.8 Å². The summed E-state index contributed by atoms with van der Waals surface area (Å²) < 4.78 is 16.6. The van der Waals surface area contributed by atoms with Crippen LogP contribution in [0.2, 0.25) is 0 Å². The van der Waals surface area contributed by atoms with Crippen molar-refractivity contribution >= 4 is 79.1 Å². The lowest BCUT2D eigenvalue weighted by molar-refractivity contribution is -0.136. The van der Waals surface area contributed by atoms with Crippen LogP contribution >= 0.6 is 19.6 Å². The number of aliphatic imine (C=N–C) groups is 2. The lowest BCUT2D eigenvalue weighted by Gasteiger charge is -2.28.